The van der Waals surface area contributed by atoms with Gasteiger partial charge in [0, 0.05) is 43.7 Å². The molecule has 4 nitrogen and oxygen atoms in total. The van der Waals surface area contributed by atoms with Crippen molar-refractivity contribution < 1.29 is 4.79 Å². The predicted molar refractivity (Wildman–Crippen MR) is 116 cm³/mol. The minimum atomic E-state index is -0.321. The summed E-state index contributed by atoms with van der Waals surface area (Å²) in [7, 11) is 2.18. The molecule has 1 amide bonds. The van der Waals surface area contributed by atoms with Crippen molar-refractivity contribution in [3.63, 3.8) is 0 Å². The highest BCUT2D eigenvalue weighted by atomic mass is 79.9. The molecule has 2 fully saturated rings. The molecule has 2 aliphatic rings. The number of rotatable bonds is 6. The van der Waals surface area contributed by atoms with Crippen LogP contribution in [0.25, 0.3) is 0 Å². The molecule has 4 rings (SSSR count). The molecule has 0 atom stereocenters. The molecule has 0 radical (unpaired) electrons. The van der Waals surface area contributed by atoms with Gasteiger partial charge in [-0.15, -0.1) is 0 Å². The van der Waals surface area contributed by atoms with Crippen LogP contribution in [0.5, 0.6) is 0 Å². The van der Waals surface area contributed by atoms with Gasteiger partial charge in [-0.05, 0) is 48.7 Å². The Labute approximate surface area is 176 Å². The molecule has 0 spiro atoms. The van der Waals surface area contributed by atoms with Gasteiger partial charge in [0.2, 0.25) is 5.91 Å². The van der Waals surface area contributed by atoms with Gasteiger partial charge in [-0.3, -0.25) is 9.69 Å². The standard InChI is InChI=1S/C23H28BrN3O/c1-26-11-13-27(14-12-26)17-19-4-2-3-18(15-19)16-25-22(28)23(9-10-23)20-5-7-21(24)8-6-20/h2-8,15H,9-14,16-17H2,1H3,(H,25,28). The fraction of sp³-hybridized carbons (Fsp3) is 0.435. The normalized spacial score (nSPS) is 19.4. The van der Waals surface area contributed by atoms with Crippen molar-refractivity contribution in [1.82, 2.24) is 15.1 Å². The summed E-state index contributed by atoms with van der Waals surface area (Å²) in [6, 6.07) is 16.8. The summed E-state index contributed by atoms with van der Waals surface area (Å²) >= 11 is 3.47. The van der Waals surface area contributed by atoms with Gasteiger partial charge in [-0.25, -0.2) is 0 Å². The number of nitrogens with zero attached hydrogens (tertiary/aromatic N) is 2. The average molecular weight is 442 g/mol. The maximum absolute atomic E-state index is 12.9. The Kier molecular flexibility index (Phi) is 5.85. The van der Waals surface area contributed by atoms with Crippen LogP contribution in [0.2, 0.25) is 0 Å². The van der Waals surface area contributed by atoms with E-state index in [0.717, 1.165) is 55.6 Å². The number of benzene rings is 2. The molecule has 1 N–H and O–H groups in total. The molecule has 1 heterocycles. The quantitative estimate of drug-likeness (QED) is 0.744. The molecule has 1 aliphatic heterocycles. The van der Waals surface area contributed by atoms with E-state index in [-0.39, 0.29) is 11.3 Å². The van der Waals surface area contributed by atoms with Gasteiger partial charge in [0.15, 0.2) is 0 Å². The summed E-state index contributed by atoms with van der Waals surface area (Å²) in [6.45, 7) is 6.08. The van der Waals surface area contributed by atoms with Crippen LogP contribution in [-0.4, -0.2) is 48.9 Å². The van der Waals surface area contributed by atoms with Gasteiger partial charge in [0.25, 0.3) is 0 Å². The van der Waals surface area contributed by atoms with Crippen LogP contribution in [0.1, 0.15) is 29.5 Å². The second-order valence-electron chi connectivity index (χ2n) is 8.17. The topological polar surface area (TPSA) is 35.6 Å². The Hall–Kier alpha value is -1.69. The van der Waals surface area contributed by atoms with Crippen LogP contribution in [0.4, 0.5) is 0 Å². The molecule has 0 bridgehead atoms. The minimum Gasteiger partial charge on any atom is -0.351 e. The molecule has 28 heavy (non-hydrogen) atoms. The van der Waals surface area contributed by atoms with E-state index in [9.17, 15) is 4.79 Å². The van der Waals surface area contributed by atoms with Gasteiger partial charge in [0.05, 0.1) is 5.41 Å². The summed E-state index contributed by atoms with van der Waals surface area (Å²) in [5.74, 6) is 0.152. The Morgan fingerprint density at radius 3 is 2.39 bits per heavy atom. The molecule has 5 heteroatoms. The summed E-state index contributed by atoms with van der Waals surface area (Å²) in [4.78, 5) is 17.8. The fourth-order valence-electron chi connectivity index (χ4n) is 3.99. The first-order chi connectivity index (χ1) is 13.5. The molecule has 148 valence electrons. The van der Waals surface area contributed by atoms with E-state index in [0.29, 0.717) is 6.54 Å². The Balaban J connectivity index is 1.34. The highest BCUT2D eigenvalue weighted by molar-refractivity contribution is 9.10. The third-order valence-electron chi connectivity index (χ3n) is 6.03. The number of likely N-dealkylation sites (N-methyl/N-ethyl adjacent to an activating group) is 1. The van der Waals surface area contributed by atoms with Crippen LogP contribution < -0.4 is 5.32 Å². The molecule has 1 saturated carbocycles. The first-order valence-corrected chi connectivity index (χ1v) is 10.9. The van der Waals surface area contributed by atoms with Crippen molar-refractivity contribution in [2.45, 2.75) is 31.3 Å². The van der Waals surface area contributed by atoms with Gasteiger partial charge in [-0.2, -0.15) is 0 Å². The number of piperazine rings is 1. The van der Waals surface area contributed by atoms with Crippen molar-refractivity contribution in [1.29, 1.82) is 0 Å². The average Bonchev–Trinajstić information content (AvgIpc) is 3.51. The van der Waals surface area contributed by atoms with Crippen LogP contribution in [0, 0.1) is 0 Å². The molecular formula is C23H28BrN3O. The molecule has 1 saturated heterocycles. The van der Waals surface area contributed by atoms with Crippen molar-refractivity contribution >= 4 is 21.8 Å². The van der Waals surface area contributed by atoms with E-state index in [4.69, 9.17) is 0 Å². The molecular weight excluding hydrogens is 414 g/mol. The van der Waals surface area contributed by atoms with Crippen LogP contribution in [0.15, 0.2) is 53.0 Å². The summed E-state index contributed by atoms with van der Waals surface area (Å²) < 4.78 is 1.05. The number of amides is 1. The van der Waals surface area contributed by atoms with Crippen LogP contribution in [-0.2, 0) is 23.3 Å². The van der Waals surface area contributed by atoms with E-state index in [1.165, 1.54) is 11.1 Å². The summed E-state index contributed by atoms with van der Waals surface area (Å²) in [5, 5.41) is 3.18. The lowest BCUT2D eigenvalue weighted by Crippen LogP contribution is -2.43. The first-order valence-electron chi connectivity index (χ1n) is 10.1. The monoisotopic (exact) mass is 441 g/mol. The Bertz CT molecular complexity index is 824. The molecule has 0 unspecified atom stereocenters. The largest absolute Gasteiger partial charge is 0.351 e. The Morgan fingerprint density at radius 1 is 1.04 bits per heavy atom. The number of hydrogen-bond acceptors (Lipinski definition) is 3. The highest BCUT2D eigenvalue weighted by Gasteiger charge is 2.51. The zero-order chi connectivity index (χ0) is 19.6. The smallest absolute Gasteiger partial charge is 0.230 e. The first kappa shape index (κ1) is 19.6. The van der Waals surface area contributed by atoms with Crippen molar-refractivity contribution in [3.8, 4) is 0 Å². The zero-order valence-electron chi connectivity index (χ0n) is 16.5. The van der Waals surface area contributed by atoms with Crippen molar-refractivity contribution in [3.05, 3.63) is 69.7 Å². The summed E-state index contributed by atoms with van der Waals surface area (Å²) in [5.41, 5.74) is 3.30. The maximum atomic E-state index is 12.9. The zero-order valence-corrected chi connectivity index (χ0v) is 18.0. The molecule has 0 aromatic heterocycles. The second kappa shape index (κ2) is 8.36. The third-order valence-corrected chi connectivity index (χ3v) is 6.56. The molecule has 2 aromatic carbocycles. The lowest BCUT2D eigenvalue weighted by molar-refractivity contribution is -0.123. The number of halogens is 1. The van der Waals surface area contributed by atoms with E-state index < -0.39 is 0 Å². The highest BCUT2D eigenvalue weighted by Crippen LogP contribution is 2.48. The number of hydrogen-bond donors (Lipinski definition) is 1. The number of carbonyl (C=O) groups is 1. The lowest BCUT2D eigenvalue weighted by atomic mass is 9.95. The Morgan fingerprint density at radius 2 is 1.71 bits per heavy atom. The van der Waals surface area contributed by atoms with Crippen molar-refractivity contribution in [2.24, 2.45) is 0 Å². The van der Waals surface area contributed by atoms with Crippen LogP contribution >= 0.6 is 15.9 Å². The van der Waals surface area contributed by atoms with Gasteiger partial charge >= 0.3 is 0 Å². The maximum Gasteiger partial charge on any atom is 0.230 e. The molecule has 2 aromatic rings. The van der Waals surface area contributed by atoms with E-state index in [1.807, 2.05) is 12.1 Å². The van der Waals surface area contributed by atoms with Gasteiger partial charge in [-0.1, -0.05) is 52.3 Å². The SMILES string of the molecule is CN1CCN(Cc2cccc(CNC(=O)C3(c4ccc(Br)cc4)CC3)c2)CC1. The molecule has 1 aliphatic carbocycles. The van der Waals surface area contributed by atoms with E-state index >= 15 is 0 Å². The van der Waals surface area contributed by atoms with Gasteiger partial charge < -0.3 is 10.2 Å². The minimum absolute atomic E-state index is 0.152. The predicted octanol–water partition coefficient (Wildman–Crippen LogP) is 3.54. The lowest BCUT2D eigenvalue weighted by Gasteiger charge is -2.32. The fourth-order valence-corrected chi connectivity index (χ4v) is 4.26. The van der Waals surface area contributed by atoms with Crippen molar-refractivity contribution in [2.75, 3.05) is 33.2 Å². The number of nitrogens with one attached hydrogen (secondary N) is 1. The van der Waals surface area contributed by atoms with E-state index in [2.05, 4.69) is 74.5 Å². The van der Waals surface area contributed by atoms with Crippen LogP contribution in [0.3, 0.4) is 0 Å². The number of carbonyl (C=O) groups excluding carboxylic acids is 1. The van der Waals surface area contributed by atoms with Gasteiger partial charge in [0.1, 0.15) is 0 Å². The summed E-state index contributed by atoms with van der Waals surface area (Å²) in [6.07, 6.45) is 1.87. The van der Waals surface area contributed by atoms with E-state index in [1.54, 1.807) is 0 Å². The third kappa shape index (κ3) is 4.48. The second-order valence-corrected chi connectivity index (χ2v) is 9.09.